The lowest BCUT2D eigenvalue weighted by atomic mass is 10.2. The summed E-state index contributed by atoms with van der Waals surface area (Å²) in [7, 11) is 1.84. The Morgan fingerprint density at radius 3 is 3.00 bits per heavy atom. The fourth-order valence-electron chi connectivity index (χ4n) is 3.88. The van der Waals surface area contributed by atoms with E-state index in [9.17, 15) is 4.79 Å². The van der Waals surface area contributed by atoms with Gasteiger partial charge in [0.15, 0.2) is 11.5 Å². The van der Waals surface area contributed by atoms with Gasteiger partial charge in [0.2, 0.25) is 12.7 Å². The topological polar surface area (TPSA) is 64.1 Å². The molecule has 1 amide bonds. The Morgan fingerprint density at radius 2 is 2.08 bits per heavy atom. The van der Waals surface area contributed by atoms with Crippen molar-refractivity contribution in [2.45, 2.75) is 18.7 Å². The van der Waals surface area contributed by atoms with Crippen molar-refractivity contribution in [1.29, 1.82) is 0 Å². The summed E-state index contributed by atoms with van der Waals surface area (Å²) < 4.78 is 16.9. The van der Waals surface area contributed by atoms with Gasteiger partial charge in [0.25, 0.3) is 5.91 Å². The first-order valence-electron chi connectivity index (χ1n) is 8.69. The molecule has 1 saturated heterocycles. The van der Waals surface area contributed by atoms with Crippen LogP contribution in [0.25, 0.3) is 0 Å². The van der Waals surface area contributed by atoms with E-state index in [0.29, 0.717) is 11.4 Å². The lowest BCUT2D eigenvalue weighted by molar-refractivity contribution is 0.0680. The van der Waals surface area contributed by atoms with Crippen molar-refractivity contribution in [3.63, 3.8) is 0 Å². The largest absolute Gasteiger partial charge is 0.470 e. The number of hydrogen-bond donors (Lipinski definition) is 0. The van der Waals surface area contributed by atoms with E-state index in [1.54, 1.807) is 23.2 Å². The summed E-state index contributed by atoms with van der Waals surface area (Å²) in [6.45, 7) is 2.55. The molecule has 0 aliphatic carbocycles. The predicted molar refractivity (Wildman–Crippen MR) is 92.4 cm³/mol. The maximum Gasteiger partial charge on any atom is 0.259 e. The quantitative estimate of drug-likeness (QED) is 0.816. The number of hydrogen-bond acceptors (Lipinski definition) is 6. The van der Waals surface area contributed by atoms with Crippen LogP contribution in [0.15, 0.2) is 36.5 Å². The number of likely N-dealkylation sites (N-methyl/N-ethyl adjacent to an activating group) is 1. The zero-order valence-electron chi connectivity index (χ0n) is 14.4. The molecule has 3 aliphatic rings. The number of pyridine rings is 1. The summed E-state index contributed by atoms with van der Waals surface area (Å²) in [6.07, 6.45) is 1.57. The van der Waals surface area contributed by atoms with Gasteiger partial charge in [-0.3, -0.25) is 9.69 Å². The molecule has 26 heavy (non-hydrogen) atoms. The van der Waals surface area contributed by atoms with E-state index in [0.717, 1.165) is 36.7 Å². The van der Waals surface area contributed by atoms with Crippen LogP contribution in [0.2, 0.25) is 0 Å². The van der Waals surface area contributed by atoms with E-state index in [1.165, 1.54) is 0 Å². The third kappa shape index (κ3) is 2.47. The smallest absolute Gasteiger partial charge is 0.259 e. The number of likely N-dealkylation sites (tertiary alicyclic amines) is 1. The zero-order chi connectivity index (χ0) is 17.7. The summed E-state index contributed by atoms with van der Waals surface area (Å²) in [5, 5.41) is 0. The number of rotatable bonds is 2. The van der Waals surface area contributed by atoms with Gasteiger partial charge in [-0.05, 0) is 29.8 Å². The van der Waals surface area contributed by atoms with Crippen molar-refractivity contribution >= 4 is 5.91 Å². The Morgan fingerprint density at radius 1 is 1.19 bits per heavy atom. The van der Waals surface area contributed by atoms with Gasteiger partial charge >= 0.3 is 0 Å². The van der Waals surface area contributed by atoms with E-state index in [-0.39, 0.29) is 24.8 Å². The van der Waals surface area contributed by atoms with E-state index in [1.807, 2.05) is 25.2 Å². The Kier molecular flexibility index (Phi) is 3.49. The molecule has 0 unspecified atom stereocenters. The molecule has 0 radical (unpaired) electrons. The highest BCUT2D eigenvalue weighted by molar-refractivity contribution is 5.96. The van der Waals surface area contributed by atoms with Gasteiger partial charge in [-0.25, -0.2) is 4.98 Å². The monoisotopic (exact) mass is 353 g/mol. The van der Waals surface area contributed by atoms with Crippen LogP contribution in [-0.2, 0) is 6.54 Å². The molecule has 134 valence electrons. The second-order valence-corrected chi connectivity index (χ2v) is 6.88. The van der Waals surface area contributed by atoms with Crippen LogP contribution in [0.3, 0.4) is 0 Å². The highest BCUT2D eigenvalue weighted by Crippen LogP contribution is 2.34. The van der Waals surface area contributed by atoms with Gasteiger partial charge in [0.05, 0.1) is 6.04 Å². The molecule has 0 spiro atoms. The molecule has 0 N–H and O–H groups in total. The SMILES string of the molecule is CN1C(=O)c2cccnc2O[C@H]2CN(Cc3ccc4c(c3)OCO4)C[C@H]21. The molecule has 4 heterocycles. The molecule has 7 nitrogen and oxygen atoms in total. The van der Waals surface area contributed by atoms with Crippen LogP contribution >= 0.6 is 0 Å². The van der Waals surface area contributed by atoms with Gasteiger partial charge in [-0.1, -0.05) is 6.07 Å². The minimum atomic E-state index is -0.0888. The third-order valence-electron chi connectivity index (χ3n) is 5.24. The molecular formula is C19H19N3O4. The van der Waals surface area contributed by atoms with Crippen LogP contribution in [-0.4, -0.2) is 59.8 Å². The fraction of sp³-hybridized carbons (Fsp3) is 0.368. The van der Waals surface area contributed by atoms with E-state index >= 15 is 0 Å². The molecular weight excluding hydrogens is 334 g/mol. The Labute approximate surface area is 151 Å². The highest BCUT2D eigenvalue weighted by Gasteiger charge is 2.42. The van der Waals surface area contributed by atoms with E-state index < -0.39 is 0 Å². The van der Waals surface area contributed by atoms with Gasteiger partial charge in [0, 0.05) is 32.9 Å². The zero-order valence-corrected chi connectivity index (χ0v) is 14.4. The Balaban J connectivity index is 1.36. The Hall–Kier alpha value is -2.80. The van der Waals surface area contributed by atoms with Gasteiger partial charge < -0.3 is 19.1 Å². The summed E-state index contributed by atoms with van der Waals surface area (Å²) in [5.41, 5.74) is 1.69. The maximum atomic E-state index is 12.7. The highest BCUT2D eigenvalue weighted by atomic mass is 16.7. The minimum Gasteiger partial charge on any atom is -0.470 e. The lowest BCUT2D eigenvalue weighted by Gasteiger charge is -2.25. The standard InChI is InChI=1S/C19H19N3O4/c1-21-14-9-22(8-12-4-5-15-16(7-12)25-11-24-15)10-17(14)26-18-13(19(21)23)3-2-6-20-18/h2-7,14,17H,8-11H2,1H3/t14-,17+/m1/s1. The number of benzene rings is 1. The van der Waals surface area contributed by atoms with Crippen molar-refractivity contribution in [3.8, 4) is 17.4 Å². The second-order valence-electron chi connectivity index (χ2n) is 6.88. The van der Waals surface area contributed by atoms with Gasteiger partial charge in [0.1, 0.15) is 11.7 Å². The first kappa shape index (κ1) is 15.5. The van der Waals surface area contributed by atoms with Crippen molar-refractivity contribution < 1.29 is 19.0 Å². The van der Waals surface area contributed by atoms with Crippen molar-refractivity contribution in [1.82, 2.24) is 14.8 Å². The average Bonchev–Trinajstić information content (AvgIpc) is 3.25. The van der Waals surface area contributed by atoms with Crippen LogP contribution < -0.4 is 14.2 Å². The minimum absolute atomic E-state index is 0.00529. The maximum absolute atomic E-state index is 12.7. The summed E-state index contributed by atoms with van der Waals surface area (Å²) in [5.74, 6) is 1.97. The number of carbonyl (C=O) groups excluding carboxylic acids is 1. The molecule has 2 atom stereocenters. The summed E-state index contributed by atoms with van der Waals surface area (Å²) in [6, 6.07) is 9.55. The normalized spacial score (nSPS) is 24.0. The van der Waals surface area contributed by atoms with Gasteiger partial charge in [-0.15, -0.1) is 0 Å². The van der Waals surface area contributed by atoms with Crippen LogP contribution in [0, 0.1) is 0 Å². The number of ether oxygens (including phenoxy) is 3. The fourth-order valence-corrected chi connectivity index (χ4v) is 3.88. The molecule has 0 bridgehead atoms. The first-order chi connectivity index (χ1) is 12.7. The molecule has 1 aromatic heterocycles. The molecule has 3 aliphatic heterocycles. The molecule has 5 rings (SSSR count). The lowest BCUT2D eigenvalue weighted by Crippen LogP contribution is -2.44. The Bertz CT molecular complexity index is 872. The van der Waals surface area contributed by atoms with Crippen LogP contribution in [0.4, 0.5) is 0 Å². The number of fused-ring (bicyclic) bond motifs is 3. The molecule has 0 saturated carbocycles. The predicted octanol–water partition coefficient (Wildman–Crippen LogP) is 1.53. The van der Waals surface area contributed by atoms with Crippen molar-refractivity contribution in [3.05, 3.63) is 47.7 Å². The van der Waals surface area contributed by atoms with E-state index in [2.05, 4.69) is 9.88 Å². The molecule has 1 aromatic carbocycles. The average molecular weight is 353 g/mol. The number of carbonyl (C=O) groups is 1. The van der Waals surface area contributed by atoms with Crippen molar-refractivity contribution in [2.75, 3.05) is 26.9 Å². The number of amides is 1. The third-order valence-corrected chi connectivity index (χ3v) is 5.24. The van der Waals surface area contributed by atoms with Crippen LogP contribution in [0.1, 0.15) is 15.9 Å². The molecule has 1 fully saturated rings. The van der Waals surface area contributed by atoms with Gasteiger partial charge in [-0.2, -0.15) is 0 Å². The second kappa shape index (κ2) is 5.88. The first-order valence-corrected chi connectivity index (χ1v) is 8.69. The van der Waals surface area contributed by atoms with Crippen molar-refractivity contribution in [2.24, 2.45) is 0 Å². The summed E-state index contributed by atoms with van der Waals surface area (Å²) in [4.78, 5) is 21.1. The van der Waals surface area contributed by atoms with E-state index in [4.69, 9.17) is 14.2 Å². The molecule has 2 aromatic rings. The number of aromatic nitrogens is 1. The number of nitrogens with zero attached hydrogens (tertiary/aromatic N) is 3. The summed E-state index contributed by atoms with van der Waals surface area (Å²) >= 11 is 0. The molecule has 7 heteroatoms. The van der Waals surface area contributed by atoms with Crippen LogP contribution in [0.5, 0.6) is 17.4 Å².